The topological polar surface area (TPSA) is 37.3 Å². The maximum atomic E-state index is 10.5. The summed E-state index contributed by atoms with van der Waals surface area (Å²) in [7, 11) is 0. The van der Waals surface area contributed by atoms with Crippen LogP contribution in [0.5, 0.6) is 0 Å². The lowest BCUT2D eigenvalue weighted by Gasteiger charge is -2.04. The van der Waals surface area contributed by atoms with Gasteiger partial charge in [0, 0.05) is 6.42 Å². The second-order valence-corrected chi connectivity index (χ2v) is 12.8. The van der Waals surface area contributed by atoms with Gasteiger partial charge in [-0.25, -0.2) is 0 Å². The number of rotatable bonds is 35. The highest BCUT2D eigenvalue weighted by Crippen LogP contribution is 2.15. The van der Waals surface area contributed by atoms with Crippen molar-refractivity contribution in [2.45, 2.75) is 187 Å². The quantitative estimate of drug-likeness (QED) is 0.0556. The normalized spacial score (nSPS) is 12.7. The van der Waals surface area contributed by atoms with Crippen molar-refractivity contribution in [2.24, 2.45) is 0 Å². The lowest BCUT2D eigenvalue weighted by molar-refractivity contribution is -0.137. The molecule has 0 heterocycles. The van der Waals surface area contributed by atoms with Crippen molar-refractivity contribution in [1.29, 1.82) is 0 Å². The first kappa shape index (κ1) is 43.6. The van der Waals surface area contributed by atoms with Crippen LogP contribution in [0, 0.1) is 0 Å². The van der Waals surface area contributed by atoms with Crippen molar-refractivity contribution < 1.29 is 9.90 Å². The van der Waals surface area contributed by atoms with Gasteiger partial charge in [0.2, 0.25) is 0 Å². The maximum Gasteiger partial charge on any atom is 0.303 e. The minimum absolute atomic E-state index is 0.339. The first-order valence-corrected chi connectivity index (χ1v) is 19.5. The molecular formula is C44H74O2. The van der Waals surface area contributed by atoms with Gasteiger partial charge in [0.15, 0.2) is 0 Å². The average Bonchev–Trinajstić information content (AvgIpc) is 3.05. The Hall–Kier alpha value is -2.35. The van der Waals surface area contributed by atoms with E-state index in [9.17, 15) is 4.79 Å². The van der Waals surface area contributed by atoms with Gasteiger partial charge in [0.1, 0.15) is 0 Å². The predicted octanol–water partition coefficient (Wildman–Crippen LogP) is 14.9. The summed E-state index contributed by atoms with van der Waals surface area (Å²) < 4.78 is 0. The fourth-order valence-corrected chi connectivity index (χ4v) is 5.45. The molecule has 0 aromatic heterocycles. The Morgan fingerprint density at radius 3 is 0.870 bits per heavy atom. The highest BCUT2D eigenvalue weighted by molar-refractivity contribution is 5.66. The zero-order valence-electron chi connectivity index (χ0n) is 30.2. The van der Waals surface area contributed by atoms with Gasteiger partial charge < -0.3 is 5.11 Å². The summed E-state index contributed by atoms with van der Waals surface area (Å²) in [5, 5.41) is 8.64. The van der Waals surface area contributed by atoms with Gasteiger partial charge in [0.05, 0.1) is 0 Å². The van der Waals surface area contributed by atoms with Gasteiger partial charge in [-0.2, -0.15) is 0 Å². The van der Waals surface area contributed by atoms with Crippen LogP contribution in [0.1, 0.15) is 187 Å². The van der Waals surface area contributed by atoms with Gasteiger partial charge in [-0.05, 0) is 64.2 Å². The van der Waals surface area contributed by atoms with Crippen molar-refractivity contribution in [2.75, 3.05) is 0 Å². The number of carboxylic acids is 1. The second-order valence-electron chi connectivity index (χ2n) is 12.8. The Morgan fingerprint density at radius 1 is 0.348 bits per heavy atom. The van der Waals surface area contributed by atoms with Crippen LogP contribution in [0.3, 0.4) is 0 Å². The molecule has 0 spiro atoms. The van der Waals surface area contributed by atoms with Crippen molar-refractivity contribution in [3.63, 3.8) is 0 Å². The highest BCUT2D eigenvalue weighted by Gasteiger charge is 1.97. The van der Waals surface area contributed by atoms with E-state index in [2.05, 4.69) is 92.0 Å². The summed E-state index contributed by atoms with van der Waals surface area (Å²) in [6.45, 7) is 2.17. The summed E-state index contributed by atoms with van der Waals surface area (Å²) in [6.07, 6.45) is 66.0. The first-order chi connectivity index (χ1) is 22.8. The van der Waals surface area contributed by atoms with Crippen molar-refractivity contribution in [3.8, 4) is 0 Å². The molecule has 0 unspecified atom stereocenters. The third-order valence-corrected chi connectivity index (χ3v) is 8.30. The molecule has 0 aromatic rings. The van der Waals surface area contributed by atoms with Gasteiger partial charge in [-0.15, -0.1) is 0 Å². The number of hydrogen-bond donors (Lipinski definition) is 1. The summed E-state index contributed by atoms with van der Waals surface area (Å²) in [5.74, 6) is -0.654. The third kappa shape index (κ3) is 41.7. The zero-order valence-corrected chi connectivity index (χ0v) is 30.2. The number of unbranched alkanes of at least 4 members (excludes halogenated alkanes) is 19. The van der Waals surface area contributed by atoms with E-state index >= 15 is 0 Å². The fourth-order valence-electron chi connectivity index (χ4n) is 5.45. The molecule has 0 amide bonds. The molecule has 46 heavy (non-hydrogen) atoms. The van der Waals surface area contributed by atoms with Crippen molar-refractivity contribution in [1.82, 2.24) is 0 Å². The summed E-state index contributed by atoms with van der Waals surface area (Å²) in [6, 6.07) is 0. The molecule has 0 atom stereocenters. The largest absolute Gasteiger partial charge is 0.481 e. The first-order valence-electron chi connectivity index (χ1n) is 19.5. The van der Waals surface area contributed by atoms with Crippen molar-refractivity contribution in [3.05, 3.63) is 85.1 Å². The van der Waals surface area contributed by atoms with Gasteiger partial charge in [-0.3, -0.25) is 4.79 Å². The van der Waals surface area contributed by atoms with Crippen LogP contribution in [0.2, 0.25) is 0 Å². The standard InChI is InChI=1S/C44H74O2/c1-2-3-4-5-6-7-8-9-10-11-12-13-14-15-16-17-18-19-20-21-22-23-24-25-26-27-28-29-30-31-32-33-34-35-36-37-38-39-40-41-42-43-44(45)46/h3-4,6-7,9-10,12-13,15-16,18-19,21-22H,2,5,8,11,14,17,20,23-43H2,1H3,(H,45,46)/b4-3-,7-6-,10-9-,13-12-,16-15-,19-18-,22-21-. The molecule has 0 radical (unpaired) electrons. The van der Waals surface area contributed by atoms with Crippen molar-refractivity contribution >= 4 is 5.97 Å². The Bertz CT molecular complexity index is 823. The number of aliphatic carboxylic acids is 1. The van der Waals surface area contributed by atoms with E-state index in [0.29, 0.717) is 6.42 Å². The number of carboxylic acid groups (broad SMARTS) is 1. The predicted molar refractivity (Wildman–Crippen MR) is 207 cm³/mol. The Morgan fingerprint density at radius 2 is 0.587 bits per heavy atom. The Kier molecular flexibility index (Phi) is 38.6. The molecule has 0 aliphatic heterocycles. The minimum Gasteiger partial charge on any atom is -0.481 e. The van der Waals surface area contributed by atoms with E-state index in [1.54, 1.807) is 0 Å². The Labute approximate surface area is 287 Å². The van der Waals surface area contributed by atoms with Gasteiger partial charge >= 0.3 is 5.97 Å². The molecule has 0 saturated carbocycles. The molecule has 2 heteroatoms. The zero-order chi connectivity index (χ0) is 33.3. The van der Waals surface area contributed by atoms with E-state index in [1.807, 2.05) is 0 Å². The Balaban J connectivity index is 3.31. The maximum absolute atomic E-state index is 10.5. The molecule has 0 bridgehead atoms. The monoisotopic (exact) mass is 635 g/mol. The van der Waals surface area contributed by atoms with Gasteiger partial charge in [-0.1, -0.05) is 201 Å². The van der Waals surface area contributed by atoms with Crippen LogP contribution in [0.4, 0.5) is 0 Å². The van der Waals surface area contributed by atoms with Crippen LogP contribution >= 0.6 is 0 Å². The van der Waals surface area contributed by atoms with Crippen LogP contribution in [0.25, 0.3) is 0 Å². The molecule has 1 N–H and O–H groups in total. The smallest absolute Gasteiger partial charge is 0.303 e. The highest BCUT2D eigenvalue weighted by atomic mass is 16.4. The molecular weight excluding hydrogens is 560 g/mol. The molecule has 0 saturated heterocycles. The number of allylic oxidation sites excluding steroid dienone is 14. The molecule has 0 fully saturated rings. The molecule has 0 aromatic carbocycles. The van der Waals surface area contributed by atoms with Crippen LogP contribution in [-0.2, 0) is 4.79 Å². The number of carbonyl (C=O) groups is 1. The minimum atomic E-state index is -0.654. The molecule has 0 aliphatic carbocycles. The average molecular weight is 635 g/mol. The summed E-state index contributed by atoms with van der Waals surface area (Å²) >= 11 is 0. The third-order valence-electron chi connectivity index (χ3n) is 8.30. The summed E-state index contributed by atoms with van der Waals surface area (Å²) in [5.41, 5.74) is 0. The molecule has 0 aliphatic rings. The SMILES string of the molecule is CC/C=C\C/C=C\C/C=C\C/C=C\C/C=C\C/C=C\C/C=C\CCCCCCCCCCCCCCCCCCCCCC(=O)O. The van der Waals surface area contributed by atoms with E-state index in [4.69, 9.17) is 5.11 Å². The second kappa shape index (κ2) is 40.7. The van der Waals surface area contributed by atoms with E-state index in [-0.39, 0.29) is 0 Å². The van der Waals surface area contributed by atoms with Gasteiger partial charge in [0.25, 0.3) is 0 Å². The molecule has 0 rings (SSSR count). The van der Waals surface area contributed by atoms with E-state index in [1.165, 1.54) is 116 Å². The van der Waals surface area contributed by atoms with Crippen LogP contribution < -0.4 is 0 Å². The number of hydrogen-bond acceptors (Lipinski definition) is 1. The lowest BCUT2D eigenvalue weighted by Crippen LogP contribution is -1.93. The van der Waals surface area contributed by atoms with E-state index < -0.39 is 5.97 Å². The molecule has 262 valence electrons. The lowest BCUT2D eigenvalue weighted by atomic mass is 10.0. The van der Waals surface area contributed by atoms with Crippen LogP contribution in [0.15, 0.2) is 85.1 Å². The molecule has 2 nitrogen and oxygen atoms in total. The summed E-state index contributed by atoms with van der Waals surface area (Å²) in [4.78, 5) is 10.5. The van der Waals surface area contributed by atoms with Crippen LogP contribution in [-0.4, -0.2) is 11.1 Å². The van der Waals surface area contributed by atoms with E-state index in [0.717, 1.165) is 57.8 Å². The fraction of sp³-hybridized carbons (Fsp3) is 0.659.